The Hall–Kier alpha value is -0.970. The van der Waals surface area contributed by atoms with Crippen molar-refractivity contribution in [3.05, 3.63) is 35.1 Å². The van der Waals surface area contributed by atoms with Crippen LogP contribution in [0.25, 0.3) is 0 Å². The smallest absolute Gasteiger partial charge is 0.123 e. The van der Waals surface area contributed by atoms with Crippen molar-refractivity contribution < 1.29 is 9.50 Å². The van der Waals surface area contributed by atoms with Crippen LogP contribution in [0.5, 0.6) is 0 Å². The lowest BCUT2D eigenvalue weighted by molar-refractivity contribution is 0.0839. The lowest BCUT2D eigenvalue weighted by Gasteiger charge is -2.35. The van der Waals surface area contributed by atoms with E-state index in [0.29, 0.717) is 6.54 Å². The average Bonchev–Trinajstić information content (AvgIpc) is 2.41. The maximum atomic E-state index is 13.1. The average molecular weight is 252 g/mol. The van der Waals surface area contributed by atoms with Gasteiger partial charge in [-0.1, -0.05) is 12.5 Å². The third kappa shape index (κ3) is 3.07. The van der Waals surface area contributed by atoms with Crippen LogP contribution in [0, 0.1) is 5.82 Å². The standard InChI is InChI=1S/C14H21FN2O/c15-13-5-4-11(12(7-13)8-16)9-17-6-2-1-3-14(17)10-18/h4-5,7,14,18H,1-3,6,8-10,16H2. The zero-order valence-corrected chi connectivity index (χ0v) is 10.6. The minimum Gasteiger partial charge on any atom is -0.395 e. The molecule has 1 aliphatic rings. The molecule has 1 atom stereocenters. The van der Waals surface area contributed by atoms with E-state index in [2.05, 4.69) is 4.90 Å². The first-order valence-corrected chi connectivity index (χ1v) is 6.57. The highest BCUT2D eigenvalue weighted by atomic mass is 19.1. The van der Waals surface area contributed by atoms with Crippen molar-refractivity contribution in [3.63, 3.8) is 0 Å². The molecule has 1 aromatic carbocycles. The van der Waals surface area contributed by atoms with E-state index in [4.69, 9.17) is 5.73 Å². The number of rotatable bonds is 4. The van der Waals surface area contributed by atoms with Crippen LogP contribution in [-0.2, 0) is 13.1 Å². The second kappa shape index (κ2) is 6.27. The maximum absolute atomic E-state index is 13.1. The van der Waals surface area contributed by atoms with Gasteiger partial charge in [0.25, 0.3) is 0 Å². The molecule has 4 heteroatoms. The third-order valence-electron chi connectivity index (χ3n) is 3.72. The van der Waals surface area contributed by atoms with Crippen molar-refractivity contribution in [2.45, 2.75) is 38.4 Å². The summed E-state index contributed by atoms with van der Waals surface area (Å²) in [5.74, 6) is -0.239. The van der Waals surface area contributed by atoms with Crippen LogP contribution in [0.4, 0.5) is 4.39 Å². The first-order valence-electron chi connectivity index (χ1n) is 6.57. The Labute approximate surface area is 107 Å². The lowest BCUT2D eigenvalue weighted by Crippen LogP contribution is -2.41. The fraction of sp³-hybridized carbons (Fsp3) is 0.571. The molecule has 1 saturated heterocycles. The summed E-state index contributed by atoms with van der Waals surface area (Å²) in [6.07, 6.45) is 3.38. The molecule has 1 unspecified atom stereocenters. The molecule has 1 aliphatic heterocycles. The Balaban J connectivity index is 2.12. The quantitative estimate of drug-likeness (QED) is 0.856. The van der Waals surface area contributed by atoms with Gasteiger partial charge in [0.1, 0.15) is 5.82 Å². The minimum atomic E-state index is -0.239. The van der Waals surface area contributed by atoms with Gasteiger partial charge in [-0.15, -0.1) is 0 Å². The van der Waals surface area contributed by atoms with Gasteiger partial charge in [0, 0.05) is 19.1 Å². The molecule has 1 fully saturated rings. The highest BCUT2D eigenvalue weighted by molar-refractivity contribution is 5.27. The maximum Gasteiger partial charge on any atom is 0.123 e. The number of hydrogen-bond acceptors (Lipinski definition) is 3. The van der Waals surface area contributed by atoms with Crippen LogP contribution >= 0.6 is 0 Å². The molecule has 0 aromatic heterocycles. The molecule has 1 heterocycles. The van der Waals surface area contributed by atoms with E-state index in [-0.39, 0.29) is 18.5 Å². The van der Waals surface area contributed by atoms with E-state index in [9.17, 15) is 9.50 Å². The van der Waals surface area contributed by atoms with Crippen LogP contribution in [0.2, 0.25) is 0 Å². The Morgan fingerprint density at radius 3 is 2.89 bits per heavy atom. The number of aliphatic hydroxyl groups excluding tert-OH is 1. The molecule has 1 aromatic rings. The number of piperidine rings is 1. The van der Waals surface area contributed by atoms with Crippen molar-refractivity contribution >= 4 is 0 Å². The zero-order valence-electron chi connectivity index (χ0n) is 10.6. The number of benzene rings is 1. The molecule has 0 bridgehead atoms. The highest BCUT2D eigenvalue weighted by Crippen LogP contribution is 2.21. The van der Waals surface area contributed by atoms with Crippen molar-refractivity contribution in [1.29, 1.82) is 0 Å². The minimum absolute atomic E-state index is 0.194. The summed E-state index contributed by atoms with van der Waals surface area (Å²) >= 11 is 0. The molecule has 3 N–H and O–H groups in total. The van der Waals surface area contributed by atoms with Crippen LogP contribution in [0.1, 0.15) is 30.4 Å². The molecular formula is C14H21FN2O. The Morgan fingerprint density at radius 2 is 2.17 bits per heavy atom. The predicted octanol–water partition coefficient (Wildman–Crippen LogP) is 1.63. The van der Waals surface area contributed by atoms with E-state index in [1.54, 1.807) is 6.07 Å². The predicted molar refractivity (Wildman–Crippen MR) is 69.4 cm³/mol. The van der Waals surface area contributed by atoms with Gasteiger partial charge in [-0.05, 0) is 42.6 Å². The van der Waals surface area contributed by atoms with Crippen molar-refractivity contribution in [3.8, 4) is 0 Å². The van der Waals surface area contributed by atoms with Gasteiger partial charge in [0.2, 0.25) is 0 Å². The van der Waals surface area contributed by atoms with Gasteiger partial charge >= 0.3 is 0 Å². The summed E-state index contributed by atoms with van der Waals surface area (Å²) in [6.45, 7) is 2.29. The fourth-order valence-electron chi connectivity index (χ4n) is 2.63. The summed E-state index contributed by atoms with van der Waals surface area (Å²) in [5.41, 5.74) is 7.58. The summed E-state index contributed by atoms with van der Waals surface area (Å²) in [6, 6.07) is 5.02. The van der Waals surface area contributed by atoms with Gasteiger partial charge in [-0.3, -0.25) is 4.90 Å². The van der Waals surface area contributed by atoms with Crippen LogP contribution < -0.4 is 5.73 Å². The monoisotopic (exact) mass is 252 g/mol. The largest absolute Gasteiger partial charge is 0.395 e. The third-order valence-corrected chi connectivity index (χ3v) is 3.72. The first kappa shape index (κ1) is 13.5. The van der Waals surface area contributed by atoms with Gasteiger partial charge in [-0.2, -0.15) is 0 Å². The summed E-state index contributed by atoms with van der Waals surface area (Å²) < 4.78 is 13.1. The molecular weight excluding hydrogens is 231 g/mol. The second-order valence-corrected chi connectivity index (χ2v) is 4.92. The SMILES string of the molecule is NCc1cc(F)ccc1CN1CCCCC1CO. The van der Waals surface area contributed by atoms with Crippen molar-refractivity contribution in [1.82, 2.24) is 4.90 Å². The van der Waals surface area contributed by atoms with Crippen LogP contribution in [0.3, 0.4) is 0 Å². The van der Waals surface area contributed by atoms with Crippen LogP contribution in [0.15, 0.2) is 18.2 Å². The molecule has 0 saturated carbocycles. The molecule has 0 spiro atoms. The summed E-state index contributed by atoms with van der Waals surface area (Å²) in [4.78, 5) is 2.27. The van der Waals surface area contributed by atoms with Crippen molar-refractivity contribution in [2.24, 2.45) is 5.73 Å². The van der Waals surface area contributed by atoms with Gasteiger partial charge in [0.05, 0.1) is 6.61 Å². The van der Waals surface area contributed by atoms with E-state index in [0.717, 1.165) is 37.1 Å². The number of nitrogens with zero attached hydrogens (tertiary/aromatic N) is 1. The molecule has 0 amide bonds. The van der Waals surface area contributed by atoms with E-state index in [1.165, 1.54) is 18.6 Å². The lowest BCUT2D eigenvalue weighted by atomic mass is 10.00. The Bertz CT molecular complexity index is 397. The second-order valence-electron chi connectivity index (χ2n) is 4.92. The van der Waals surface area contributed by atoms with E-state index in [1.807, 2.05) is 0 Å². The summed E-state index contributed by atoms with van der Waals surface area (Å²) in [5, 5.41) is 9.38. The molecule has 3 nitrogen and oxygen atoms in total. The Kier molecular flexibility index (Phi) is 4.69. The number of halogens is 1. The molecule has 100 valence electrons. The number of likely N-dealkylation sites (tertiary alicyclic amines) is 1. The summed E-state index contributed by atoms with van der Waals surface area (Å²) in [7, 11) is 0. The molecule has 2 rings (SSSR count). The number of aliphatic hydroxyl groups is 1. The number of nitrogens with two attached hydrogens (primary N) is 1. The van der Waals surface area contributed by atoms with Gasteiger partial charge in [-0.25, -0.2) is 4.39 Å². The fourth-order valence-corrected chi connectivity index (χ4v) is 2.63. The molecule has 0 radical (unpaired) electrons. The zero-order chi connectivity index (χ0) is 13.0. The first-order chi connectivity index (χ1) is 8.74. The Morgan fingerprint density at radius 1 is 1.33 bits per heavy atom. The highest BCUT2D eigenvalue weighted by Gasteiger charge is 2.22. The van der Waals surface area contributed by atoms with E-state index < -0.39 is 0 Å². The van der Waals surface area contributed by atoms with E-state index >= 15 is 0 Å². The van der Waals surface area contributed by atoms with Gasteiger partial charge in [0.15, 0.2) is 0 Å². The van der Waals surface area contributed by atoms with Crippen molar-refractivity contribution in [2.75, 3.05) is 13.2 Å². The van der Waals surface area contributed by atoms with Crippen LogP contribution in [-0.4, -0.2) is 29.2 Å². The molecule has 0 aliphatic carbocycles. The normalized spacial score (nSPS) is 21.2. The number of hydrogen-bond donors (Lipinski definition) is 2. The molecule has 18 heavy (non-hydrogen) atoms. The van der Waals surface area contributed by atoms with Gasteiger partial charge < -0.3 is 10.8 Å². The topological polar surface area (TPSA) is 49.5 Å².